The fourth-order valence-electron chi connectivity index (χ4n) is 4.90. The zero-order valence-electron chi connectivity index (χ0n) is 16.2. The minimum absolute atomic E-state index is 0.0483. The average Bonchev–Trinajstić information content (AvgIpc) is 2.68. The normalized spacial score (nSPS) is 28.5. The fraction of sp³-hybridized carbons (Fsp3) is 0.609. The second-order valence-electron chi connectivity index (χ2n) is 8.25. The summed E-state index contributed by atoms with van der Waals surface area (Å²) in [6.07, 6.45) is 6.06. The average molecular weight is 394 g/mol. The van der Waals surface area contributed by atoms with Crippen molar-refractivity contribution in [2.75, 3.05) is 0 Å². The Hall–Kier alpha value is -1.78. The molecule has 28 heavy (non-hydrogen) atoms. The van der Waals surface area contributed by atoms with Crippen molar-refractivity contribution in [3.8, 4) is 0 Å². The molecule has 2 saturated carbocycles. The van der Waals surface area contributed by atoms with Crippen LogP contribution in [-0.2, 0) is 15.7 Å². The van der Waals surface area contributed by atoms with Crippen LogP contribution < -0.4 is 0 Å². The van der Waals surface area contributed by atoms with Crippen LogP contribution in [0.2, 0.25) is 0 Å². The highest BCUT2D eigenvalue weighted by molar-refractivity contribution is 5.71. The summed E-state index contributed by atoms with van der Waals surface area (Å²) in [6, 6.07) is 5.71. The topological polar surface area (TPSA) is 26.3 Å². The number of esters is 1. The summed E-state index contributed by atoms with van der Waals surface area (Å²) in [6.45, 7) is 3.56. The maximum absolute atomic E-state index is 12.7. The lowest BCUT2D eigenvalue weighted by atomic mass is 9.69. The van der Waals surface area contributed by atoms with E-state index in [-0.39, 0.29) is 18.5 Å². The van der Waals surface area contributed by atoms with Crippen LogP contribution in [0.15, 0.2) is 36.9 Å². The van der Waals surface area contributed by atoms with Gasteiger partial charge in [0.1, 0.15) is 6.10 Å². The van der Waals surface area contributed by atoms with Gasteiger partial charge in [0.2, 0.25) is 0 Å². The lowest BCUT2D eigenvalue weighted by molar-refractivity contribution is -0.150. The number of ether oxygens (including phenoxy) is 1. The molecule has 0 aromatic heterocycles. The number of rotatable bonds is 5. The highest BCUT2D eigenvalue weighted by Crippen LogP contribution is 2.43. The molecule has 2 fully saturated rings. The Labute approximate surface area is 165 Å². The molecule has 0 heterocycles. The first-order valence-electron chi connectivity index (χ1n) is 10.3. The van der Waals surface area contributed by atoms with Crippen LogP contribution in [0.5, 0.6) is 0 Å². The van der Waals surface area contributed by atoms with E-state index in [1.54, 1.807) is 18.2 Å². The van der Waals surface area contributed by atoms with Gasteiger partial charge in [-0.05, 0) is 86.8 Å². The number of benzene rings is 1. The van der Waals surface area contributed by atoms with Crippen molar-refractivity contribution in [3.05, 3.63) is 48.0 Å². The van der Waals surface area contributed by atoms with Gasteiger partial charge in [-0.15, -0.1) is 6.58 Å². The Morgan fingerprint density at radius 3 is 2.00 bits per heavy atom. The molecule has 2 nitrogen and oxygen atoms in total. The molecule has 0 saturated heterocycles. The molecule has 1 aromatic carbocycles. The van der Waals surface area contributed by atoms with Gasteiger partial charge in [0.25, 0.3) is 0 Å². The Bertz CT molecular complexity index is 649. The summed E-state index contributed by atoms with van der Waals surface area (Å²) in [5, 5.41) is 0. The number of alkyl halides is 3. The van der Waals surface area contributed by atoms with E-state index >= 15 is 0 Å². The fourth-order valence-corrected chi connectivity index (χ4v) is 4.90. The Morgan fingerprint density at radius 1 is 0.964 bits per heavy atom. The Kier molecular flexibility index (Phi) is 6.84. The second-order valence-corrected chi connectivity index (χ2v) is 8.25. The van der Waals surface area contributed by atoms with E-state index in [9.17, 15) is 18.0 Å². The zero-order valence-corrected chi connectivity index (χ0v) is 16.2. The van der Waals surface area contributed by atoms with Crippen LogP contribution >= 0.6 is 0 Å². The van der Waals surface area contributed by atoms with Gasteiger partial charge in [-0.25, -0.2) is 0 Å². The predicted octanol–water partition coefficient (Wildman–Crippen LogP) is 6.66. The molecule has 0 amide bonds. The van der Waals surface area contributed by atoms with Gasteiger partial charge < -0.3 is 4.74 Å². The van der Waals surface area contributed by atoms with Gasteiger partial charge >= 0.3 is 12.1 Å². The molecule has 0 bridgehead atoms. The highest BCUT2D eigenvalue weighted by Gasteiger charge is 2.33. The maximum atomic E-state index is 12.7. The van der Waals surface area contributed by atoms with Crippen molar-refractivity contribution >= 4 is 5.97 Å². The molecule has 0 atom stereocenters. The number of carbonyl (C=O) groups excluding carboxylic acids is 1. The summed E-state index contributed by atoms with van der Waals surface area (Å²) in [5.74, 6) is 1.56. The summed E-state index contributed by atoms with van der Waals surface area (Å²) in [7, 11) is 0. The first kappa shape index (κ1) is 20.9. The largest absolute Gasteiger partial charge is 0.462 e. The standard InChI is InChI=1S/C23H29F3O2/c1-2-3-22(27)28-21-14-10-19(11-15-21)17-6-4-16(5-7-17)18-8-12-20(13-9-18)23(24,25)26/h2,8-9,12-13,16-17,19,21H,1,3-7,10-11,14-15H2/t16-,17-,19?,21?. The third kappa shape index (κ3) is 5.39. The number of hydrogen-bond donors (Lipinski definition) is 0. The molecule has 0 aliphatic heterocycles. The molecule has 0 unspecified atom stereocenters. The summed E-state index contributed by atoms with van der Waals surface area (Å²) >= 11 is 0. The van der Waals surface area contributed by atoms with E-state index in [2.05, 4.69) is 6.58 Å². The molecule has 154 valence electrons. The second kappa shape index (κ2) is 9.15. The summed E-state index contributed by atoms with van der Waals surface area (Å²) < 4.78 is 43.7. The minimum atomic E-state index is -4.27. The lowest BCUT2D eigenvalue weighted by Gasteiger charge is -2.37. The van der Waals surface area contributed by atoms with E-state index in [1.807, 2.05) is 0 Å². The van der Waals surface area contributed by atoms with Crippen LogP contribution in [0.4, 0.5) is 13.2 Å². The van der Waals surface area contributed by atoms with Crippen molar-refractivity contribution in [2.24, 2.45) is 11.8 Å². The van der Waals surface area contributed by atoms with Crippen LogP contribution in [0, 0.1) is 11.8 Å². The van der Waals surface area contributed by atoms with Gasteiger partial charge in [-0.1, -0.05) is 18.2 Å². The monoisotopic (exact) mass is 394 g/mol. The maximum Gasteiger partial charge on any atom is 0.416 e. The van der Waals surface area contributed by atoms with Gasteiger partial charge in [-0.2, -0.15) is 13.2 Å². The van der Waals surface area contributed by atoms with Crippen molar-refractivity contribution in [1.29, 1.82) is 0 Å². The minimum Gasteiger partial charge on any atom is -0.462 e. The van der Waals surface area contributed by atoms with Crippen LogP contribution in [-0.4, -0.2) is 12.1 Å². The van der Waals surface area contributed by atoms with Gasteiger partial charge in [0, 0.05) is 0 Å². The SMILES string of the molecule is C=CCC(=O)OC1CCC([C@H]2CC[C@H](c3ccc(C(F)(F)F)cc3)CC2)CC1. The third-order valence-corrected chi connectivity index (χ3v) is 6.48. The molecular formula is C23H29F3O2. The predicted molar refractivity (Wildman–Crippen MR) is 103 cm³/mol. The Balaban J connectivity index is 1.44. The van der Waals surface area contributed by atoms with Gasteiger partial charge in [0.05, 0.1) is 12.0 Å². The summed E-state index contributed by atoms with van der Waals surface area (Å²) in [5.41, 5.74) is 0.458. The first-order valence-corrected chi connectivity index (χ1v) is 10.3. The molecule has 0 radical (unpaired) electrons. The number of hydrogen-bond acceptors (Lipinski definition) is 2. The van der Waals surface area contributed by atoms with Crippen molar-refractivity contribution in [2.45, 2.75) is 76.0 Å². The van der Waals surface area contributed by atoms with Crippen molar-refractivity contribution < 1.29 is 22.7 Å². The molecule has 2 aliphatic carbocycles. The van der Waals surface area contributed by atoms with Gasteiger partial charge in [0.15, 0.2) is 0 Å². The van der Waals surface area contributed by atoms with Crippen LogP contribution in [0.25, 0.3) is 0 Å². The first-order chi connectivity index (χ1) is 13.4. The van der Waals surface area contributed by atoms with Crippen LogP contribution in [0.3, 0.4) is 0 Å². The van der Waals surface area contributed by atoms with E-state index < -0.39 is 11.7 Å². The molecule has 5 heteroatoms. The lowest BCUT2D eigenvalue weighted by Crippen LogP contribution is -2.29. The molecule has 3 rings (SSSR count). The Morgan fingerprint density at radius 2 is 1.50 bits per heavy atom. The van der Waals surface area contributed by atoms with Crippen molar-refractivity contribution in [1.82, 2.24) is 0 Å². The van der Waals surface area contributed by atoms with E-state index in [0.717, 1.165) is 56.9 Å². The van der Waals surface area contributed by atoms with Crippen molar-refractivity contribution in [3.63, 3.8) is 0 Å². The highest BCUT2D eigenvalue weighted by atomic mass is 19.4. The number of carbonyl (C=O) groups is 1. The van der Waals surface area contributed by atoms with E-state index in [1.165, 1.54) is 12.1 Å². The number of halogens is 3. The summed E-state index contributed by atoms with van der Waals surface area (Å²) in [4.78, 5) is 11.6. The van der Waals surface area contributed by atoms with Gasteiger partial charge in [-0.3, -0.25) is 4.79 Å². The third-order valence-electron chi connectivity index (χ3n) is 6.48. The molecule has 0 N–H and O–H groups in total. The quantitative estimate of drug-likeness (QED) is 0.412. The van der Waals surface area contributed by atoms with E-state index in [4.69, 9.17) is 4.74 Å². The molecular weight excluding hydrogens is 365 g/mol. The molecule has 1 aromatic rings. The molecule has 0 spiro atoms. The van der Waals surface area contributed by atoms with E-state index in [0.29, 0.717) is 17.8 Å². The van der Waals surface area contributed by atoms with Crippen LogP contribution in [0.1, 0.15) is 74.8 Å². The molecule has 2 aliphatic rings. The smallest absolute Gasteiger partial charge is 0.416 e. The zero-order chi connectivity index (χ0) is 20.1.